The Morgan fingerprint density at radius 2 is 1.42 bits per heavy atom. The average Bonchev–Trinajstić information content (AvgIpc) is 2.76. The predicted molar refractivity (Wildman–Crippen MR) is 136 cm³/mol. The van der Waals surface area contributed by atoms with Crippen LogP contribution in [0.15, 0.2) is 77.6 Å². The highest BCUT2D eigenvalue weighted by atomic mass is 16.3. The van der Waals surface area contributed by atoms with Gasteiger partial charge in [-0.15, -0.1) is 0 Å². The molecule has 0 radical (unpaired) electrons. The minimum Gasteiger partial charge on any atom is -0.508 e. The van der Waals surface area contributed by atoms with Crippen LogP contribution >= 0.6 is 0 Å². The second-order valence-corrected chi connectivity index (χ2v) is 9.97. The molecule has 2 N–H and O–H groups in total. The summed E-state index contributed by atoms with van der Waals surface area (Å²) in [5.41, 5.74) is 6.43. The van der Waals surface area contributed by atoms with E-state index in [4.69, 9.17) is 0 Å². The number of phenols is 1. The van der Waals surface area contributed by atoms with Gasteiger partial charge in [-0.05, 0) is 64.7 Å². The molecule has 0 fully saturated rings. The lowest BCUT2D eigenvalue weighted by Gasteiger charge is -2.24. The lowest BCUT2D eigenvalue weighted by atomic mass is 9.87. The number of aryl methyl sites for hydroxylation is 1. The summed E-state index contributed by atoms with van der Waals surface area (Å²) in [5, 5.41) is 10.7. The normalized spacial score (nSPS) is 11.9. The van der Waals surface area contributed by atoms with Crippen LogP contribution in [-0.4, -0.2) is 15.0 Å². The first-order chi connectivity index (χ1) is 15.7. The standard InChI is InChI=1S/C29H32N2O2/c1-20-5-14-27-23(15-20)16-24(28(33)30-27)19-31(18-22-8-12-26(32)13-9-22)17-21-6-10-25(11-7-21)29(2,3)4/h5-16,32H,17-19H2,1-4H3,(H,30,33). The van der Waals surface area contributed by atoms with E-state index in [0.717, 1.165) is 28.6 Å². The van der Waals surface area contributed by atoms with Crippen LogP contribution in [0, 0.1) is 6.92 Å². The fourth-order valence-electron chi connectivity index (χ4n) is 4.13. The van der Waals surface area contributed by atoms with Crippen molar-refractivity contribution in [3.05, 3.63) is 111 Å². The molecule has 0 aliphatic rings. The van der Waals surface area contributed by atoms with Gasteiger partial charge in [0.05, 0.1) is 0 Å². The number of nitrogens with one attached hydrogen (secondary N) is 1. The van der Waals surface area contributed by atoms with Crippen molar-refractivity contribution in [3.8, 4) is 5.75 Å². The van der Waals surface area contributed by atoms with E-state index in [2.05, 4.69) is 67.9 Å². The molecule has 0 atom stereocenters. The van der Waals surface area contributed by atoms with Crippen LogP contribution < -0.4 is 5.56 Å². The van der Waals surface area contributed by atoms with Crippen molar-refractivity contribution in [2.24, 2.45) is 0 Å². The highest BCUT2D eigenvalue weighted by Gasteiger charge is 2.15. The Morgan fingerprint density at radius 3 is 2.03 bits per heavy atom. The minimum atomic E-state index is -0.0508. The van der Waals surface area contributed by atoms with Gasteiger partial charge in [-0.1, -0.05) is 68.8 Å². The first-order valence-corrected chi connectivity index (χ1v) is 11.4. The number of aromatic hydroxyl groups is 1. The molecule has 0 spiro atoms. The summed E-state index contributed by atoms with van der Waals surface area (Å²) in [6, 6.07) is 24.1. The van der Waals surface area contributed by atoms with Gasteiger partial charge in [0.15, 0.2) is 0 Å². The molecule has 0 saturated carbocycles. The van der Waals surface area contributed by atoms with Crippen LogP contribution in [0.2, 0.25) is 0 Å². The van der Waals surface area contributed by atoms with Crippen LogP contribution in [0.1, 0.15) is 48.6 Å². The van der Waals surface area contributed by atoms with Gasteiger partial charge >= 0.3 is 0 Å². The maximum Gasteiger partial charge on any atom is 0.252 e. The lowest BCUT2D eigenvalue weighted by molar-refractivity contribution is 0.246. The van der Waals surface area contributed by atoms with Gasteiger partial charge in [-0.25, -0.2) is 0 Å². The number of H-pyrrole nitrogens is 1. The smallest absolute Gasteiger partial charge is 0.252 e. The molecule has 4 nitrogen and oxygen atoms in total. The van der Waals surface area contributed by atoms with Crippen molar-refractivity contribution < 1.29 is 5.11 Å². The Kier molecular flexibility index (Phi) is 6.39. The second-order valence-electron chi connectivity index (χ2n) is 9.97. The first kappa shape index (κ1) is 22.8. The van der Waals surface area contributed by atoms with Crippen LogP contribution in [0.4, 0.5) is 0 Å². The fourth-order valence-corrected chi connectivity index (χ4v) is 4.13. The highest BCUT2D eigenvalue weighted by molar-refractivity contribution is 5.79. The van der Waals surface area contributed by atoms with Gasteiger partial charge < -0.3 is 10.1 Å². The molecular weight excluding hydrogens is 408 g/mol. The van der Waals surface area contributed by atoms with E-state index < -0.39 is 0 Å². The van der Waals surface area contributed by atoms with Crippen LogP contribution in [0.5, 0.6) is 5.75 Å². The summed E-state index contributed by atoms with van der Waals surface area (Å²) >= 11 is 0. The summed E-state index contributed by atoms with van der Waals surface area (Å²) in [5.74, 6) is 0.254. The van der Waals surface area contributed by atoms with E-state index in [-0.39, 0.29) is 16.7 Å². The zero-order valence-electron chi connectivity index (χ0n) is 19.9. The number of pyridine rings is 1. The third-order valence-electron chi connectivity index (χ3n) is 6.04. The topological polar surface area (TPSA) is 56.3 Å². The molecule has 0 bridgehead atoms. The van der Waals surface area contributed by atoms with Gasteiger partial charge in [-0.3, -0.25) is 9.69 Å². The Labute approximate surface area is 195 Å². The van der Waals surface area contributed by atoms with E-state index >= 15 is 0 Å². The zero-order chi connectivity index (χ0) is 23.6. The number of nitrogens with zero attached hydrogens (tertiary/aromatic N) is 1. The quantitative estimate of drug-likeness (QED) is 0.384. The van der Waals surface area contributed by atoms with Crippen LogP contribution in [0.25, 0.3) is 10.9 Å². The van der Waals surface area contributed by atoms with Crippen molar-refractivity contribution in [2.45, 2.75) is 52.7 Å². The number of phenolic OH excluding ortho intramolecular Hbond substituents is 1. The molecule has 0 aliphatic carbocycles. The molecular formula is C29H32N2O2. The molecule has 3 aromatic carbocycles. The molecule has 170 valence electrons. The van der Waals surface area contributed by atoms with Crippen molar-refractivity contribution in [2.75, 3.05) is 0 Å². The zero-order valence-corrected chi connectivity index (χ0v) is 19.9. The minimum absolute atomic E-state index is 0.0508. The SMILES string of the molecule is Cc1ccc2[nH]c(=O)c(CN(Cc3ccc(O)cc3)Cc3ccc(C(C)(C)C)cc3)cc2c1. The van der Waals surface area contributed by atoms with Gasteiger partial charge in [0.1, 0.15) is 5.75 Å². The summed E-state index contributed by atoms with van der Waals surface area (Å²) in [4.78, 5) is 18.1. The van der Waals surface area contributed by atoms with E-state index in [1.54, 1.807) is 12.1 Å². The number of hydrogen-bond donors (Lipinski definition) is 2. The second kappa shape index (κ2) is 9.24. The molecule has 1 aromatic heterocycles. The molecule has 4 rings (SSSR count). The molecule has 0 unspecified atom stereocenters. The van der Waals surface area contributed by atoms with Gasteiger partial charge in [-0.2, -0.15) is 0 Å². The van der Waals surface area contributed by atoms with Crippen molar-refractivity contribution >= 4 is 10.9 Å². The number of fused-ring (bicyclic) bond motifs is 1. The van der Waals surface area contributed by atoms with Crippen LogP contribution in [0.3, 0.4) is 0 Å². The Morgan fingerprint density at radius 1 is 0.818 bits per heavy atom. The molecule has 0 aliphatic heterocycles. The number of benzene rings is 3. The third kappa shape index (κ3) is 5.71. The van der Waals surface area contributed by atoms with E-state index in [1.807, 2.05) is 30.3 Å². The van der Waals surface area contributed by atoms with Gasteiger partial charge in [0.25, 0.3) is 5.56 Å². The molecule has 0 saturated heterocycles. The molecule has 4 heteroatoms. The number of aromatic nitrogens is 1. The highest BCUT2D eigenvalue weighted by Crippen LogP contribution is 2.23. The van der Waals surface area contributed by atoms with Crippen LogP contribution in [-0.2, 0) is 25.0 Å². The maximum absolute atomic E-state index is 12.8. The summed E-state index contributed by atoms with van der Waals surface area (Å²) in [6.45, 7) is 10.6. The predicted octanol–water partition coefficient (Wildman–Crippen LogP) is 6.04. The van der Waals surface area contributed by atoms with Gasteiger partial charge in [0, 0.05) is 30.7 Å². The van der Waals surface area contributed by atoms with E-state index in [1.165, 1.54) is 16.7 Å². The Balaban J connectivity index is 1.63. The third-order valence-corrected chi connectivity index (χ3v) is 6.04. The molecule has 4 aromatic rings. The summed E-state index contributed by atoms with van der Waals surface area (Å²) < 4.78 is 0. The number of hydrogen-bond acceptors (Lipinski definition) is 3. The first-order valence-electron chi connectivity index (χ1n) is 11.4. The van der Waals surface area contributed by atoms with Gasteiger partial charge in [0.2, 0.25) is 0 Å². The van der Waals surface area contributed by atoms with E-state index in [9.17, 15) is 9.90 Å². The summed E-state index contributed by atoms with van der Waals surface area (Å²) in [7, 11) is 0. The van der Waals surface area contributed by atoms with Crippen molar-refractivity contribution in [3.63, 3.8) is 0 Å². The molecule has 0 amide bonds. The number of aromatic amines is 1. The molecule has 33 heavy (non-hydrogen) atoms. The number of rotatable bonds is 6. The Hall–Kier alpha value is -3.37. The monoisotopic (exact) mass is 440 g/mol. The maximum atomic E-state index is 12.8. The largest absolute Gasteiger partial charge is 0.508 e. The van der Waals surface area contributed by atoms with Crippen molar-refractivity contribution in [1.82, 2.24) is 9.88 Å². The Bertz CT molecular complexity index is 1300. The summed E-state index contributed by atoms with van der Waals surface area (Å²) in [6.07, 6.45) is 0. The van der Waals surface area contributed by atoms with E-state index in [0.29, 0.717) is 13.1 Å². The average molecular weight is 441 g/mol. The fraction of sp³-hybridized carbons (Fsp3) is 0.276. The van der Waals surface area contributed by atoms with Crippen molar-refractivity contribution in [1.29, 1.82) is 0 Å². The lowest BCUT2D eigenvalue weighted by Crippen LogP contribution is -2.26. The molecule has 1 heterocycles.